The topological polar surface area (TPSA) is 58.6 Å². The Morgan fingerprint density at radius 1 is 1.03 bits per heavy atom. The van der Waals surface area contributed by atoms with E-state index in [1.54, 1.807) is 0 Å². The zero-order valence-electron chi connectivity index (χ0n) is 17.1. The number of para-hydroxylation sites is 1. The van der Waals surface area contributed by atoms with E-state index in [0.717, 1.165) is 29.7 Å². The lowest BCUT2D eigenvalue weighted by molar-refractivity contribution is -0.135. The Labute approximate surface area is 173 Å². The first kappa shape index (κ1) is 20.9. The number of likely N-dealkylation sites (tertiary alicyclic amines) is 1. The van der Waals surface area contributed by atoms with Crippen molar-refractivity contribution in [3.63, 3.8) is 0 Å². The molecule has 0 atom stereocenters. The molecule has 2 amide bonds. The van der Waals surface area contributed by atoms with Gasteiger partial charge in [0.25, 0.3) is 0 Å². The fourth-order valence-corrected chi connectivity index (χ4v) is 3.60. The number of nitrogens with zero attached hydrogens (tertiary/aromatic N) is 1. The molecule has 0 radical (unpaired) electrons. The number of hydrogen-bond donors (Lipinski definition) is 1. The first-order valence-electron chi connectivity index (χ1n) is 10.4. The van der Waals surface area contributed by atoms with Gasteiger partial charge in [-0.25, -0.2) is 0 Å². The van der Waals surface area contributed by atoms with Crippen LogP contribution >= 0.6 is 0 Å². The smallest absolute Gasteiger partial charge is 0.223 e. The fraction of sp³-hybridized carbons (Fsp3) is 0.417. The van der Waals surface area contributed by atoms with Crippen LogP contribution in [-0.4, -0.2) is 36.4 Å². The van der Waals surface area contributed by atoms with E-state index in [1.807, 2.05) is 66.4 Å². The molecule has 1 aliphatic rings. The van der Waals surface area contributed by atoms with Gasteiger partial charge < -0.3 is 15.0 Å². The van der Waals surface area contributed by atoms with Crippen molar-refractivity contribution in [3.8, 4) is 5.75 Å². The highest BCUT2D eigenvalue weighted by molar-refractivity contribution is 5.80. The Morgan fingerprint density at radius 3 is 2.45 bits per heavy atom. The SMILES string of the molecule is Cc1ccccc1OCCCC(=O)N1CCC(C(=O)NCc2ccccc2)CC1. The molecule has 5 nitrogen and oxygen atoms in total. The predicted octanol–water partition coefficient (Wildman–Crippen LogP) is 3.71. The molecule has 0 saturated carbocycles. The van der Waals surface area contributed by atoms with E-state index < -0.39 is 0 Å². The summed E-state index contributed by atoms with van der Waals surface area (Å²) in [5.41, 5.74) is 2.20. The average molecular weight is 395 g/mol. The van der Waals surface area contributed by atoms with E-state index in [-0.39, 0.29) is 17.7 Å². The van der Waals surface area contributed by atoms with Crippen molar-refractivity contribution in [2.75, 3.05) is 19.7 Å². The van der Waals surface area contributed by atoms with Crippen LogP contribution in [0.15, 0.2) is 54.6 Å². The molecule has 29 heavy (non-hydrogen) atoms. The van der Waals surface area contributed by atoms with E-state index >= 15 is 0 Å². The first-order valence-corrected chi connectivity index (χ1v) is 10.4. The van der Waals surface area contributed by atoms with Gasteiger partial charge in [0.15, 0.2) is 0 Å². The summed E-state index contributed by atoms with van der Waals surface area (Å²) in [6.45, 7) is 4.41. The van der Waals surface area contributed by atoms with E-state index in [0.29, 0.717) is 39.1 Å². The number of ether oxygens (including phenoxy) is 1. The standard InChI is InChI=1S/C24H30N2O3/c1-19-8-5-6-11-22(19)29-17-7-12-23(27)26-15-13-21(14-16-26)24(28)25-18-20-9-3-2-4-10-20/h2-6,8-11,21H,7,12-18H2,1H3,(H,25,28). The lowest BCUT2D eigenvalue weighted by Gasteiger charge is -2.31. The second kappa shape index (κ2) is 10.6. The second-order valence-corrected chi connectivity index (χ2v) is 7.58. The number of carbonyl (C=O) groups excluding carboxylic acids is 2. The van der Waals surface area contributed by atoms with Gasteiger partial charge in [0, 0.05) is 32.0 Å². The van der Waals surface area contributed by atoms with Crippen LogP contribution in [0.4, 0.5) is 0 Å². The second-order valence-electron chi connectivity index (χ2n) is 7.58. The molecule has 2 aromatic rings. The maximum Gasteiger partial charge on any atom is 0.223 e. The van der Waals surface area contributed by atoms with Crippen LogP contribution in [0, 0.1) is 12.8 Å². The molecule has 1 N–H and O–H groups in total. The molecule has 2 aromatic carbocycles. The minimum absolute atomic E-state index is 0.00727. The molecule has 0 bridgehead atoms. The minimum Gasteiger partial charge on any atom is -0.493 e. The van der Waals surface area contributed by atoms with Gasteiger partial charge in [-0.1, -0.05) is 48.5 Å². The highest BCUT2D eigenvalue weighted by Crippen LogP contribution is 2.19. The zero-order chi connectivity index (χ0) is 20.5. The fourth-order valence-electron chi connectivity index (χ4n) is 3.60. The van der Waals surface area contributed by atoms with E-state index in [1.165, 1.54) is 0 Å². The minimum atomic E-state index is -0.00727. The molecule has 0 aromatic heterocycles. The summed E-state index contributed by atoms with van der Waals surface area (Å²) < 4.78 is 5.76. The number of aryl methyl sites for hydroxylation is 1. The van der Waals surface area contributed by atoms with Crippen molar-refractivity contribution in [1.82, 2.24) is 10.2 Å². The number of hydrogen-bond acceptors (Lipinski definition) is 3. The van der Waals surface area contributed by atoms with Crippen LogP contribution in [0.3, 0.4) is 0 Å². The van der Waals surface area contributed by atoms with Gasteiger partial charge in [-0.3, -0.25) is 9.59 Å². The summed E-state index contributed by atoms with van der Waals surface area (Å²) in [4.78, 5) is 26.7. The summed E-state index contributed by atoms with van der Waals surface area (Å²) in [6, 6.07) is 17.8. The summed E-state index contributed by atoms with van der Waals surface area (Å²) in [5, 5.41) is 3.02. The number of carbonyl (C=O) groups is 2. The molecule has 5 heteroatoms. The lowest BCUT2D eigenvalue weighted by Crippen LogP contribution is -2.42. The molecule has 1 heterocycles. The Hall–Kier alpha value is -2.82. The van der Waals surface area contributed by atoms with Crippen LogP contribution in [-0.2, 0) is 16.1 Å². The van der Waals surface area contributed by atoms with Crippen molar-refractivity contribution in [2.24, 2.45) is 5.92 Å². The number of piperidine rings is 1. The average Bonchev–Trinajstić information content (AvgIpc) is 2.77. The van der Waals surface area contributed by atoms with Gasteiger partial charge in [-0.05, 0) is 43.4 Å². The molecule has 154 valence electrons. The van der Waals surface area contributed by atoms with E-state index in [9.17, 15) is 9.59 Å². The summed E-state index contributed by atoms with van der Waals surface area (Å²) in [7, 11) is 0. The van der Waals surface area contributed by atoms with Crippen molar-refractivity contribution in [3.05, 3.63) is 65.7 Å². The van der Waals surface area contributed by atoms with Gasteiger partial charge in [-0.15, -0.1) is 0 Å². The third-order valence-electron chi connectivity index (χ3n) is 5.41. The molecule has 1 aliphatic heterocycles. The molecule has 0 unspecified atom stereocenters. The molecule has 1 fully saturated rings. The number of nitrogens with one attached hydrogen (secondary N) is 1. The summed E-state index contributed by atoms with van der Waals surface area (Å²) >= 11 is 0. The van der Waals surface area contributed by atoms with Crippen LogP contribution in [0.2, 0.25) is 0 Å². The van der Waals surface area contributed by atoms with Crippen LogP contribution in [0.1, 0.15) is 36.8 Å². The number of rotatable bonds is 8. The van der Waals surface area contributed by atoms with Crippen LogP contribution in [0.5, 0.6) is 5.75 Å². The Balaban J connectivity index is 1.32. The summed E-state index contributed by atoms with van der Waals surface area (Å²) in [5.74, 6) is 1.11. The lowest BCUT2D eigenvalue weighted by atomic mass is 9.95. The largest absolute Gasteiger partial charge is 0.493 e. The van der Waals surface area contributed by atoms with Crippen LogP contribution < -0.4 is 10.1 Å². The van der Waals surface area contributed by atoms with Gasteiger partial charge in [0.05, 0.1) is 6.61 Å². The van der Waals surface area contributed by atoms with Gasteiger partial charge in [-0.2, -0.15) is 0 Å². The van der Waals surface area contributed by atoms with Crippen molar-refractivity contribution >= 4 is 11.8 Å². The van der Waals surface area contributed by atoms with Crippen LogP contribution in [0.25, 0.3) is 0 Å². The number of amides is 2. The van der Waals surface area contributed by atoms with Crippen molar-refractivity contribution in [2.45, 2.75) is 39.2 Å². The highest BCUT2D eigenvalue weighted by atomic mass is 16.5. The van der Waals surface area contributed by atoms with Crippen molar-refractivity contribution in [1.29, 1.82) is 0 Å². The van der Waals surface area contributed by atoms with Crippen molar-refractivity contribution < 1.29 is 14.3 Å². The van der Waals surface area contributed by atoms with Gasteiger partial charge in [0.1, 0.15) is 5.75 Å². The Kier molecular flexibility index (Phi) is 7.68. The maximum atomic E-state index is 12.4. The molecule has 3 rings (SSSR count). The predicted molar refractivity (Wildman–Crippen MR) is 114 cm³/mol. The maximum absolute atomic E-state index is 12.4. The molecule has 0 aliphatic carbocycles. The van der Waals surface area contributed by atoms with Gasteiger partial charge in [0.2, 0.25) is 11.8 Å². The molecule has 0 spiro atoms. The van der Waals surface area contributed by atoms with E-state index in [2.05, 4.69) is 5.32 Å². The van der Waals surface area contributed by atoms with E-state index in [4.69, 9.17) is 4.74 Å². The normalized spacial score (nSPS) is 14.4. The number of benzene rings is 2. The Bertz CT molecular complexity index is 799. The zero-order valence-corrected chi connectivity index (χ0v) is 17.1. The Morgan fingerprint density at radius 2 is 1.72 bits per heavy atom. The molecule has 1 saturated heterocycles. The molecular formula is C24H30N2O3. The third kappa shape index (κ3) is 6.34. The first-order chi connectivity index (χ1) is 14.1. The monoisotopic (exact) mass is 394 g/mol. The summed E-state index contributed by atoms with van der Waals surface area (Å²) in [6.07, 6.45) is 2.64. The quantitative estimate of drug-likeness (QED) is 0.695. The van der Waals surface area contributed by atoms with Gasteiger partial charge >= 0.3 is 0 Å². The highest BCUT2D eigenvalue weighted by Gasteiger charge is 2.26. The molecular weight excluding hydrogens is 364 g/mol. The third-order valence-corrected chi connectivity index (χ3v) is 5.41.